The van der Waals surface area contributed by atoms with E-state index in [2.05, 4.69) is 22.4 Å². The molecule has 7 heteroatoms. The lowest BCUT2D eigenvalue weighted by Gasteiger charge is -2.32. The number of tetrazole rings is 1. The second-order valence-corrected chi connectivity index (χ2v) is 6.29. The third-order valence-corrected chi connectivity index (χ3v) is 4.32. The number of amides is 1. The van der Waals surface area contributed by atoms with Gasteiger partial charge in [0.05, 0.1) is 13.2 Å². The number of aryl methyl sites for hydroxylation is 2. The van der Waals surface area contributed by atoms with Crippen LogP contribution in [0, 0.1) is 12.8 Å². The van der Waals surface area contributed by atoms with Gasteiger partial charge in [0.25, 0.3) is 0 Å². The highest BCUT2D eigenvalue weighted by Crippen LogP contribution is 2.20. The maximum Gasteiger partial charge on any atom is 0.224 e. The first kappa shape index (κ1) is 16.4. The minimum Gasteiger partial charge on any atom is -0.493 e. The van der Waals surface area contributed by atoms with Crippen molar-refractivity contribution in [3.63, 3.8) is 0 Å². The second kappa shape index (κ2) is 7.90. The average Bonchev–Trinajstić information content (AvgIpc) is 3.13. The third kappa shape index (κ3) is 4.53. The minimum atomic E-state index is 0.158. The number of rotatable bonds is 6. The fourth-order valence-electron chi connectivity index (χ4n) is 2.93. The molecule has 128 valence electrons. The molecule has 0 spiro atoms. The van der Waals surface area contributed by atoms with Gasteiger partial charge >= 0.3 is 0 Å². The summed E-state index contributed by atoms with van der Waals surface area (Å²) in [6.45, 7) is 4.83. The van der Waals surface area contributed by atoms with E-state index in [1.165, 1.54) is 11.9 Å². The monoisotopic (exact) mass is 329 g/mol. The van der Waals surface area contributed by atoms with Crippen molar-refractivity contribution >= 4 is 5.91 Å². The maximum absolute atomic E-state index is 12.4. The lowest BCUT2D eigenvalue weighted by atomic mass is 9.98. The first-order valence-corrected chi connectivity index (χ1v) is 8.39. The van der Waals surface area contributed by atoms with Crippen LogP contribution in [0.15, 0.2) is 30.6 Å². The highest BCUT2D eigenvalue weighted by molar-refractivity contribution is 5.76. The van der Waals surface area contributed by atoms with E-state index in [-0.39, 0.29) is 5.91 Å². The lowest BCUT2D eigenvalue weighted by Crippen LogP contribution is -2.41. The molecule has 1 atom stereocenters. The first-order valence-electron chi connectivity index (χ1n) is 8.39. The zero-order valence-electron chi connectivity index (χ0n) is 14.0. The van der Waals surface area contributed by atoms with Gasteiger partial charge < -0.3 is 9.64 Å². The molecule has 0 N–H and O–H groups in total. The number of carbonyl (C=O) groups excluding carboxylic acids is 1. The van der Waals surface area contributed by atoms with E-state index in [1.807, 2.05) is 29.2 Å². The molecule has 2 heterocycles. The summed E-state index contributed by atoms with van der Waals surface area (Å²) in [6, 6.07) is 8.08. The Morgan fingerprint density at radius 3 is 2.92 bits per heavy atom. The quantitative estimate of drug-likeness (QED) is 0.806. The lowest BCUT2D eigenvalue weighted by molar-refractivity contribution is -0.133. The number of likely N-dealkylation sites (tertiary alicyclic amines) is 1. The standard InChI is InChI=1S/C17H23N5O2/c1-14-4-6-16(7-5-14)24-12-15-3-2-9-21(11-15)17(23)8-10-22-13-18-19-20-22/h4-7,13,15H,2-3,8-12H2,1H3/t15-/m1/s1. The van der Waals surface area contributed by atoms with Crippen LogP contribution in [-0.4, -0.2) is 50.7 Å². The summed E-state index contributed by atoms with van der Waals surface area (Å²) >= 11 is 0. The van der Waals surface area contributed by atoms with Crippen molar-refractivity contribution in [1.29, 1.82) is 0 Å². The summed E-state index contributed by atoms with van der Waals surface area (Å²) in [5.74, 6) is 1.44. The minimum absolute atomic E-state index is 0.158. The molecule has 2 aromatic rings. The Morgan fingerprint density at radius 1 is 1.33 bits per heavy atom. The Kier molecular flexibility index (Phi) is 5.40. The van der Waals surface area contributed by atoms with Crippen LogP contribution in [0.2, 0.25) is 0 Å². The number of aromatic nitrogens is 4. The maximum atomic E-state index is 12.4. The van der Waals surface area contributed by atoms with Crippen LogP contribution < -0.4 is 4.74 Å². The topological polar surface area (TPSA) is 73.1 Å². The molecule has 3 rings (SSSR count). The largest absolute Gasteiger partial charge is 0.493 e. The van der Waals surface area contributed by atoms with E-state index in [9.17, 15) is 4.79 Å². The zero-order chi connectivity index (χ0) is 16.8. The van der Waals surface area contributed by atoms with E-state index in [4.69, 9.17) is 4.74 Å². The van der Waals surface area contributed by atoms with Crippen molar-refractivity contribution in [2.24, 2.45) is 5.92 Å². The summed E-state index contributed by atoms with van der Waals surface area (Å²) in [7, 11) is 0. The van der Waals surface area contributed by atoms with Gasteiger partial charge in [-0.2, -0.15) is 0 Å². The molecule has 0 bridgehead atoms. The third-order valence-electron chi connectivity index (χ3n) is 4.32. The van der Waals surface area contributed by atoms with Crippen molar-refractivity contribution in [3.8, 4) is 5.75 Å². The predicted octanol–water partition coefficient (Wildman–Crippen LogP) is 1.69. The van der Waals surface area contributed by atoms with Gasteiger partial charge in [-0.15, -0.1) is 5.10 Å². The molecule has 24 heavy (non-hydrogen) atoms. The predicted molar refractivity (Wildman–Crippen MR) is 88.4 cm³/mol. The molecule has 0 saturated carbocycles. The van der Waals surface area contributed by atoms with Crippen molar-refractivity contribution in [2.45, 2.75) is 32.7 Å². The zero-order valence-corrected chi connectivity index (χ0v) is 14.0. The number of carbonyl (C=O) groups is 1. The molecule has 1 aliphatic rings. The van der Waals surface area contributed by atoms with Crippen LogP contribution in [0.1, 0.15) is 24.8 Å². The molecule has 1 amide bonds. The van der Waals surface area contributed by atoms with Crippen LogP contribution in [0.5, 0.6) is 5.75 Å². The molecule has 1 aromatic carbocycles. The Labute approximate surface area is 141 Å². The fourth-order valence-corrected chi connectivity index (χ4v) is 2.93. The fraction of sp³-hybridized carbons (Fsp3) is 0.529. The SMILES string of the molecule is Cc1ccc(OC[C@@H]2CCCN(C(=O)CCn3cnnn3)C2)cc1. The number of hydrogen-bond donors (Lipinski definition) is 0. The van der Waals surface area contributed by atoms with Gasteiger partial charge in [0, 0.05) is 25.4 Å². The van der Waals surface area contributed by atoms with Gasteiger partial charge in [-0.3, -0.25) is 4.79 Å². The van der Waals surface area contributed by atoms with Crippen molar-refractivity contribution in [2.75, 3.05) is 19.7 Å². The summed E-state index contributed by atoms with van der Waals surface area (Å²) in [5.41, 5.74) is 1.22. The molecule has 1 fully saturated rings. The van der Waals surface area contributed by atoms with Gasteiger partial charge in [-0.25, -0.2) is 4.68 Å². The Morgan fingerprint density at radius 2 is 2.17 bits per heavy atom. The molecule has 0 radical (unpaired) electrons. The number of benzene rings is 1. The highest BCUT2D eigenvalue weighted by atomic mass is 16.5. The van der Waals surface area contributed by atoms with Gasteiger partial charge in [0.2, 0.25) is 5.91 Å². The van der Waals surface area contributed by atoms with Crippen molar-refractivity contribution < 1.29 is 9.53 Å². The van der Waals surface area contributed by atoms with E-state index < -0.39 is 0 Å². The normalized spacial score (nSPS) is 17.7. The van der Waals surface area contributed by atoms with E-state index >= 15 is 0 Å². The van der Waals surface area contributed by atoms with E-state index in [0.717, 1.165) is 31.7 Å². The molecular formula is C17H23N5O2. The summed E-state index contributed by atoms with van der Waals surface area (Å²) in [5, 5.41) is 10.9. The van der Waals surface area contributed by atoms with Crippen LogP contribution in [0.25, 0.3) is 0 Å². The number of nitrogens with zero attached hydrogens (tertiary/aromatic N) is 5. The molecule has 1 aliphatic heterocycles. The molecular weight excluding hydrogens is 306 g/mol. The summed E-state index contributed by atoms with van der Waals surface area (Å²) < 4.78 is 7.46. The Hall–Kier alpha value is -2.44. The average molecular weight is 329 g/mol. The molecule has 0 aliphatic carbocycles. The second-order valence-electron chi connectivity index (χ2n) is 6.29. The van der Waals surface area contributed by atoms with Crippen molar-refractivity contribution in [3.05, 3.63) is 36.2 Å². The van der Waals surface area contributed by atoms with Crippen molar-refractivity contribution in [1.82, 2.24) is 25.1 Å². The van der Waals surface area contributed by atoms with Gasteiger partial charge in [0.15, 0.2) is 0 Å². The number of hydrogen-bond acceptors (Lipinski definition) is 5. The van der Waals surface area contributed by atoms with Gasteiger partial charge in [0.1, 0.15) is 12.1 Å². The van der Waals surface area contributed by atoms with E-state index in [0.29, 0.717) is 25.5 Å². The van der Waals surface area contributed by atoms with Gasteiger partial charge in [-0.1, -0.05) is 17.7 Å². The highest BCUT2D eigenvalue weighted by Gasteiger charge is 2.24. The van der Waals surface area contributed by atoms with E-state index in [1.54, 1.807) is 4.68 Å². The summed E-state index contributed by atoms with van der Waals surface area (Å²) in [6.07, 6.45) is 4.08. The Balaban J connectivity index is 1.45. The first-order chi connectivity index (χ1) is 11.7. The van der Waals surface area contributed by atoms with Gasteiger partial charge in [-0.05, 0) is 42.3 Å². The van der Waals surface area contributed by atoms with Crippen LogP contribution in [0.4, 0.5) is 0 Å². The Bertz CT molecular complexity index is 642. The molecule has 1 saturated heterocycles. The number of ether oxygens (including phenoxy) is 1. The van der Waals surface area contributed by atoms with Crippen LogP contribution in [-0.2, 0) is 11.3 Å². The smallest absolute Gasteiger partial charge is 0.224 e. The van der Waals surface area contributed by atoms with Crippen LogP contribution >= 0.6 is 0 Å². The number of piperidine rings is 1. The molecule has 1 aromatic heterocycles. The van der Waals surface area contributed by atoms with Crippen LogP contribution in [0.3, 0.4) is 0 Å². The molecule has 7 nitrogen and oxygen atoms in total. The molecule has 0 unspecified atom stereocenters. The summed E-state index contributed by atoms with van der Waals surface area (Å²) in [4.78, 5) is 14.3.